The summed E-state index contributed by atoms with van der Waals surface area (Å²) in [5.74, 6) is 0. The third-order valence-electron chi connectivity index (χ3n) is 3.40. The van der Waals surface area contributed by atoms with Crippen LogP contribution in [0.1, 0.15) is 58.3 Å². The Morgan fingerprint density at radius 1 is 1.05 bits per heavy atom. The molecule has 1 N–H and O–H groups in total. The largest absolute Gasteiger partial charge is 0.449 e. The van der Waals surface area contributed by atoms with Crippen LogP contribution in [-0.4, -0.2) is 12.7 Å². The molecule has 0 radical (unpaired) electrons. The van der Waals surface area contributed by atoms with E-state index in [4.69, 9.17) is 4.74 Å². The average Bonchev–Trinajstić information content (AvgIpc) is 2.48. The van der Waals surface area contributed by atoms with Crippen LogP contribution in [0.2, 0.25) is 0 Å². The van der Waals surface area contributed by atoms with Gasteiger partial charge in [0.15, 0.2) is 0 Å². The maximum atomic E-state index is 11.7. The van der Waals surface area contributed by atoms with Gasteiger partial charge in [0.05, 0.1) is 12.3 Å². The summed E-state index contributed by atoms with van der Waals surface area (Å²) in [5.41, 5.74) is 0.712. The molecule has 0 saturated carbocycles. The molecule has 22 heavy (non-hydrogen) atoms. The SMILES string of the molecule is CCCCCCCCCCOC(=O)Nc1ccc(Br)cc1Br. The van der Waals surface area contributed by atoms with E-state index in [0.29, 0.717) is 12.3 Å². The summed E-state index contributed by atoms with van der Waals surface area (Å²) in [6, 6.07) is 5.58. The Kier molecular flexibility index (Phi) is 10.6. The van der Waals surface area contributed by atoms with Gasteiger partial charge < -0.3 is 4.74 Å². The highest BCUT2D eigenvalue weighted by Crippen LogP contribution is 2.26. The molecular formula is C17H25Br2NO2. The molecule has 0 aliphatic rings. The summed E-state index contributed by atoms with van der Waals surface area (Å²) in [7, 11) is 0. The lowest BCUT2D eigenvalue weighted by Gasteiger charge is -2.09. The Morgan fingerprint density at radius 3 is 2.32 bits per heavy atom. The van der Waals surface area contributed by atoms with Crippen molar-refractivity contribution in [3.63, 3.8) is 0 Å². The second kappa shape index (κ2) is 11.9. The number of rotatable bonds is 10. The molecule has 1 rings (SSSR count). The number of hydrogen-bond donors (Lipinski definition) is 1. The summed E-state index contributed by atoms with van der Waals surface area (Å²) in [6.07, 6.45) is 9.48. The molecule has 0 unspecified atom stereocenters. The predicted molar refractivity (Wildman–Crippen MR) is 99.4 cm³/mol. The fraction of sp³-hybridized carbons (Fsp3) is 0.588. The molecular weight excluding hydrogens is 410 g/mol. The minimum Gasteiger partial charge on any atom is -0.449 e. The minimum atomic E-state index is -0.397. The van der Waals surface area contributed by atoms with Crippen LogP contribution in [0.15, 0.2) is 27.1 Å². The Labute approximate surface area is 150 Å². The molecule has 0 heterocycles. The van der Waals surface area contributed by atoms with E-state index in [0.717, 1.165) is 21.8 Å². The summed E-state index contributed by atoms with van der Waals surface area (Å²) < 4.78 is 6.97. The van der Waals surface area contributed by atoms with Crippen molar-refractivity contribution < 1.29 is 9.53 Å². The highest BCUT2D eigenvalue weighted by atomic mass is 79.9. The van der Waals surface area contributed by atoms with E-state index < -0.39 is 6.09 Å². The number of amides is 1. The summed E-state index contributed by atoms with van der Waals surface area (Å²) >= 11 is 6.78. The number of hydrogen-bond acceptors (Lipinski definition) is 2. The van der Waals surface area contributed by atoms with E-state index in [-0.39, 0.29) is 0 Å². The molecule has 0 fully saturated rings. The van der Waals surface area contributed by atoms with E-state index >= 15 is 0 Å². The Balaban J connectivity index is 2.06. The standard InChI is InChI=1S/C17H25Br2NO2/c1-2-3-4-5-6-7-8-9-12-22-17(21)20-16-11-10-14(18)13-15(16)19/h10-11,13H,2-9,12H2,1H3,(H,20,21). The zero-order valence-corrected chi connectivity index (χ0v) is 16.3. The third kappa shape index (κ3) is 8.79. The van der Waals surface area contributed by atoms with Gasteiger partial charge in [-0.25, -0.2) is 4.79 Å². The first kappa shape index (κ1) is 19.5. The van der Waals surface area contributed by atoms with E-state index in [2.05, 4.69) is 44.1 Å². The van der Waals surface area contributed by atoms with E-state index in [1.807, 2.05) is 18.2 Å². The minimum absolute atomic E-state index is 0.397. The van der Waals surface area contributed by atoms with Gasteiger partial charge in [-0.15, -0.1) is 0 Å². The van der Waals surface area contributed by atoms with E-state index in [1.54, 1.807) is 0 Å². The Morgan fingerprint density at radius 2 is 1.68 bits per heavy atom. The zero-order valence-electron chi connectivity index (χ0n) is 13.2. The van der Waals surface area contributed by atoms with Crippen LogP contribution in [0.25, 0.3) is 0 Å². The molecule has 1 aromatic carbocycles. The second-order valence-electron chi connectivity index (χ2n) is 5.36. The van der Waals surface area contributed by atoms with Gasteiger partial charge in [0.1, 0.15) is 0 Å². The molecule has 0 spiro atoms. The van der Waals surface area contributed by atoms with E-state index in [1.165, 1.54) is 38.5 Å². The topological polar surface area (TPSA) is 38.3 Å². The molecule has 0 aromatic heterocycles. The van der Waals surface area contributed by atoms with Crippen molar-refractivity contribution in [3.8, 4) is 0 Å². The maximum absolute atomic E-state index is 11.7. The highest BCUT2D eigenvalue weighted by molar-refractivity contribution is 9.11. The maximum Gasteiger partial charge on any atom is 0.411 e. The number of unbranched alkanes of at least 4 members (excludes halogenated alkanes) is 7. The van der Waals surface area contributed by atoms with Crippen molar-refractivity contribution in [1.82, 2.24) is 0 Å². The van der Waals surface area contributed by atoms with Crippen LogP contribution in [0.3, 0.4) is 0 Å². The monoisotopic (exact) mass is 433 g/mol. The smallest absolute Gasteiger partial charge is 0.411 e. The number of nitrogens with one attached hydrogen (secondary N) is 1. The van der Waals surface area contributed by atoms with Gasteiger partial charge >= 0.3 is 6.09 Å². The predicted octanol–water partition coefficient (Wildman–Crippen LogP) is 6.90. The van der Waals surface area contributed by atoms with Crippen molar-refractivity contribution in [1.29, 1.82) is 0 Å². The lowest BCUT2D eigenvalue weighted by Crippen LogP contribution is -2.14. The fourth-order valence-corrected chi connectivity index (χ4v) is 3.28. The van der Waals surface area contributed by atoms with Crippen LogP contribution < -0.4 is 5.32 Å². The molecule has 0 saturated heterocycles. The highest BCUT2D eigenvalue weighted by Gasteiger charge is 2.06. The van der Waals surface area contributed by atoms with Gasteiger partial charge in [0.25, 0.3) is 0 Å². The lowest BCUT2D eigenvalue weighted by atomic mass is 10.1. The quantitative estimate of drug-likeness (QED) is 0.406. The summed E-state index contributed by atoms with van der Waals surface area (Å²) in [6.45, 7) is 2.71. The average molecular weight is 435 g/mol. The lowest BCUT2D eigenvalue weighted by molar-refractivity contribution is 0.159. The molecule has 0 bridgehead atoms. The fourth-order valence-electron chi connectivity index (χ4n) is 2.14. The molecule has 5 heteroatoms. The molecule has 1 amide bonds. The third-order valence-corrected chi connectivity index (χ3v) is 4.55. The number of anilines is 1. The van der Waals surface area contributed by atoms with Gasteiger partial charge in [-0.2, -0.15) is 0 Å². The van der Waals surface area contributed by atoms with Crippen molar-refractivity contribution >= 4 is 43.6 Å². The number of benzene rings is 1. The number of ether oxygens (including phenoxy) is 1. The van der Waals surface area contributed by atoms with Crippen molar-refractivity contribution in [2.75, 3.05) is 11.9 Å². The van der Waals surface area contributed by atoms with Crippen LogP contribution in [-0.2, 0) is 4.74 Å². The Bertz CT molecular complexity index is 452. The normalized spacial score (nSPS) is 10.5. The first-order chi connectivity index (χ1) is 10.6. The summed E-state index contributed by atoms with van der Waals surface area (Å²) in [5, 5.41) is 2.73. The summed E-state index contributed by atoms with van der Waals surface area (Å²) in [4.78, 5) is 11.7. The molecule has 0 atom stereocenters. The Hall–Kier alpha value is -0.550. The van der Waals surface area contributed by atoms with Crippen molar-refractivity contribution in [3.05, 3.63) is 27.1 Å². The second-order valence-corrected chi connectivity index (χ2v) is 7.13. The van der Waals surface area contributed by atoms with Gasteiger partial charge in [-0.05, 0) is 40.5 Å². The zero-order chi connectivity index (χ0) is 16.2. The number of halogens is 2. The van der Waals surface area contributed by atoms with Crippen molar-refractivity contribution in [2.24, 2.45) is 0 Å². The molecule has 1 aromatic rings. The van der Waals surface area contributed by atoms with Crippen molar-refractivity contribution in [2.45, 2.75) is 58.3 Å². The van der Waals surface area contributed by atoms with Gasteiger partial charge in [0.2, 0.25) is 0 Å². The molecule has 0 aliphatic heterocycles. The van der Waals surface area contributed by atoms with Crippen LogP contribution >= 0.6 is 31.9 Å². The van der Waals surface area contributed by atoms with Gasteiger partial charge in [-0.3, -0.25) is 5.32 Å². The number of carbonyl (C=O) groups is 1. The van der Waals surface area contributed by atoms with Crippen LogP contribution in [0.4, 0.5) is 10.5 Å². The number of carbonyl (C=O) groups excluding carboxylic acids is 1. The van der Waals surface area contributed by atoms with Crippen LogP contribution in [0.5, 0.6) is 0 Å². The molecule has 3 nitrogen and oxygen atoms in total. The van der Waals surface area contributed by atoms with Gasteiger partial charge in [0, 0.05) is 8.95 Å². The van der Waals surface area contributed by atoms with E-state index in [9.17, 15) is 4.79 Å². The van der Waals surface area contributed by atoms with Gasteiger partial charge in [-0.1, -0.05) is 67.8 Å². The first-order valence-electron chi connectivity index (χ1n) is 8.02. The molecule has 124 valence electrons. The van der Waals surface area contributed by atoms with Crippen LogP contribution in [0, 0.1) is 0 Å². The first-order valence-corrected chi connectivity index (χ1v) is 9.61. The molecule has 0 aliphatic carbocycles.